The summed E-state index contributed by atoms with van der Waals surface area (Å²) in [5, 5.41) is 0. The molecule has 1 unspecified atom stereocenters. The van der Waals surface area contributed by atoms with Crippen molar-refractivity contribution < 1.29 is 28.5 Å². The Morgan fingerprint density at radius 2 is 1.88 bits per heavy atom. The predicted molar refractivity (Wildman–Crippen MR) is 130 cm³/mol. The number of esters is 1. The van der Waals surface area contributed by atoms with Gasteiger partial charge in [0.1, 0.15) is 9.83 Å². The smallest absolute Gasteiger partial charge is 0.304 e. The number of rotatable bonds is 7. The van der Waals surface area contributed by atoms with Crippen molar-refractivity contribution in [3.05, 3.63) is 53.0 Å². The molecule has 1 saturated heterocycles. The number of allylic oxidation sites excluding steroid dienone is 1. The van der Waals surface area contributed by atoms with Gasteiger partial charge in [0.2, 0.25) is 5.78 Å². The Morgan fingerprint density at radius 1 is 1.15 bits per heavy atom. The van der Waals surface area contributed by atoms with E-state index in [9.17, 15) is 9.59 Å². The first-order valence-electron chi connectivity index (χ1n) is 11.3. The van der Waals surface area contributed by atoms with Crippen molar-refractivity contribution in [1.29, 1.82) is 0 Å². The average Bonchev–Trinajstić information content (AvgIpc) is 2.83. The topological polar surface area (TPSA) is 71.1 Å². The van der Waals surface area contributed by atoms with Crippen LogP contribution in [0.25, 0.3) is 0 Å². The normalized spacial score (nSPS) is 24.5. The Morgan fingerprint density at radius 3 is 2.48 bits per heavy atom. The zero-order valence-corrected chi connectivity index (χ0v) is 21.1. The molecule has 0 spiro atoms. The maximum Gasteiger partial charge on any atom is 0.304 e. The minimum atomic E-state index is -1.67. The molecular weight excluding hydrogens is 460 g/mol. The first-order chi connectivity index (χ1) is 15.9. The Hall–Kier alpha value is -2.06. The second-order valence-corrected chi connectivity index (χ2v) is 11.3. The van der Waals surface area contributed by atoms with Crippen LogP contribution >= 0.6 is 23.5 Å². The van der Waals surface area contributed by atoms with Gasteiger partial charge < -0.3 is 18.9 Å². The molecule has 0 amide bonds. The maximum absolute atomic E-state index is 14.2. The minimum Gasteiger partial charge on any atom is -0.496 e. The number of thioether (sulfide) groups is 2. The van der Waals surface area contributed by atoms with Crippen LogP contribution in [0, 0.1) is 0 Å². The highest BCUT2D eigenvalue weighted by atomic mass is 32.2. The lowest BCUT2D eigenvalue weighted by atomic mass is 9.72. The molecule has 0 saturated carbocycles. The molecule has 6 nitrogen and oxygen atoms in total. The predicted octanol–water partition coefficient (Wildman–Crippen LogP) is 4.98. The van der Waals surface area contributed by atoms with Crippen LogP contribution in [0.2, 0.25) is 0 Å². The van der Waals surface area contributed by atoms with Crippen molar-refractivity contribution in [3.8, 4) is 5.75 Å². The molecule has 8 heteroatoms. The third-order valence-corrected chi connectivity index (χ3v) is 9.07. The second kappa shape index (κ2) is 9.66. The summed E-state index contributed by atoms with van der Waals surface area (Å²) < 4.78 is 23.0. The standard InChI is InChI=1S/C25H30O6S2/c1-16(2)30-23-21(22(27)24(23,31-17(3)26)20-12-7-8-13-29-20)25(32-14-9-15-33-25)18-10-5-6-11-19(18)28-4/h5-6,10-12,16H,7-9,13-15H2,1-4H3. The number of ether oxygens (including phenoxy) is 4. The number of carbonyl (C=O) groups excluding carboxylic acids is 2. The van der Waals surface area contributed by atoms with Crippen LogP contribution in [-0.4, -0.2) is 48.7 Å². The summed E-state index contributed by atoms with van der Waals surface area (Å²) in [5.41, 5.74) is -0.239. The third-order valence-electron chi connectivity index (χ3n) is 5.72. The Bertz CT molecular complexity index is 992. The van der Waals surface area contributed by atoms with Crippen molar-refractivity contribution in [2.24, 2.45) is 0 Å². The summed E-state index contributed by atoms with van der Waals surface area (Å²) in [6, 6.07) is 7.78. The summed E-state index contributed by atoms with van der Waals surface area (Å²) in [6.07, 6.45) is 4.26. The molecule has 33 heavy (non-hydrogen) atoms. The fraction of sp³-hybridized carbons (Fsp3) is 0.520. The number of para-hydroxylation sites is 1. The van der Waals surface area contributed by atoms with E-state index < -0.39 is 15.6 Å². The van der Waals surface area contributed by atoms with Gasteiger partial charge in [-0.1, -0.05) is 18.2 Å². The van der Waals surface area contributed by atoms with Gasteiger partial charge in [0, 0.05) is 12.5 Å². The molecular formula is C25H30O6S2. The number of hydrogen-bond donors (Lipinski definition) is 0. The van der Waals surface area contributed by atoms with Crippen molar-refractivity contribution >= 4 is 35.3 Å². The fourth-order valence-electron chi connectivity index (χ4n) is 4.44. The van der Waals surface area contributed by atoms with Crippen molar-refractivity contribution in [2.75, 3.05) is 25.2 Å². The number of hydrogen-bond acceptors (Lipinski definition) is 8. The molecule has 2 aliphatic heterocycles. The summed E-state index contributed by atoms with van der Waals surface area (Å²) in [7, 11) is 1.64. The summed E-state index contributed by atoms with van der Waals surface area (Å²) in [5.74, 6) is 2.37. The minimum absolute atomic E-state index is 0.226. The van der Waals surface area contributed by atoms with E-state index in [1.807, 2.05) is 44.2 Å². The number of Topliss-reactive ketones (excluding diaryl/α,β-unsaturated/α-hetero) is 1. The van der Waals surface area contributed by atoms with E-state index in [2.05, 4.69) is 0 Å². The highest BCUT2D eigenvalue weighted by Gasteiger charge is 2.68. The Labute approximate surface area is 203 Å². The molecule has 1 aromatic rings. The van der Waals surface area contributed by atoms with Crippen LogP contribution in [0.5, 0.6) is 5.75 Å². The molecule has 4 rings (SSSR count). The molecule has 2 heterocycles. The molecule has 1 fully saturated rings. The molecule has 0 radical (unpaired) electrons. The van der Waals surface area contributed by atoms with Gasteiger partial charge in [-0.15, -0.1) is 23.5 Å². The Balaban J connectivity index is 1.97. The van der Waals surface area contributed by atoms with E-state index in [0.717, 1.165) is 36.3 Å². The van der Waals surface area contributed by atoms with Crippen LogP contribution in [-0.2, 0) is 27.9 Å². The van der Waals surface area contributed by atoms with Crippen LogP contribution in [0.1, 0.15) is 45.6 Å². The van der Waals surface area contributed by atoms with Crippen molar-refractivity contribution in [3.63, 3.8) is 0 Å². The molecule has 1 aliphatic carbocycles. The lowest BCUT2D eigenvalue weighted by Gasteiger charge is -2.50. The van der Waals surface area contributed by atoms with Crippen molar-refractivity contribution in [1.82, 2.24) is 0 Å². The largest absolute Gasteiger partial charge is 0.496 e. The Kier molecular flexibility index (Phi) is 7.05. The van der Waals surface area contributed by atoms with E-state index in [-0.39, 0.29) is 11.9 Å². The number of ketones is 1. The van der Waals surface area contributed by atoms with Gasteiger partial charge in [-0.05, 0) is 56.8 Å². The van der Waals surface area contributed by atoms with E-state index in [1.54, 1.807) is 30.6 Å². The summed E-state index contributed by atoms with van der Waals surface area (Å²) in [4.78, 5) is 26.4. The number of methoxy groups -OCH3 is 1. The van der Waals surface area contributed by atoms with Gasteiger partial charge in [0.05, 0.1) is 25.4 Å². The molecule has 178 valence electrons. The van der Waals surface area contributed by atoms with Gasteiger partial charge in [-0.25, -0.2) is 0 Å². The highest BCUT2D eigenvalue weighted by Crippen LogP contribution is 2.64. The van der Waals surface area contributed by atoms with E-state index in [4.69, 9.17) is 18.9 Å². The van der Waals surface area contributed by atoms with Crippen LogP contribution in [0.15, 0.2) is 47.4 Å². The molecule has 3 aliphatic rings. The van der Waals surface area contributed by atoms with Crippen molar-refractivity contribution in [2.45, 2.75) is 55.8 Å². The second-order valence-electron chi connectivity index (χ2n) is 8.40. The van der Waals surface area contributed by atoms with Gasteiger partial charge in [0.15, 0.2) is 11.5 Å². The van der Waals surface area contributed by atoms with E-state index in [0.29, 0.717) is 29.4 Å². The lowest BCUT2D eigenvalue weighted by Crippen LogP contribution is -2.60. The molecule has 0 N–H and O–H groups in total. The van der Waals surface area contributed by atoms with Gasteiger partial charge in [0.25, 0.3) is 5.60 Å². The number of carbonyl (C=O) groups is 2. The zero-order valence-electron chi connectivity index (χ0n) is 19.5. The zero-order chi connectivity index (χ0) is 23.6. The third kappa shape index (κ3) is 4.05. The fourth-order valence-corrected chi connectivity index (χ4v) is 7.92. The van der Waals surface area contributed by atoms with Gasteiger partial charge in [-0.3, -0.25) is 9.59 Å². The van der Waals surface area contributed by atoms with Gasteiger partial charge >= 0.3 is 5.97 Å². The first-order valence-corrected chi connectivity index (χ1v) is 13.2. The molecule has 1 atom stereocenters. The monoisotopic (exact) mass is 490 g/mol. The lowest BCUT2D eigenvalue weighted by molar-refractivity contribution is -0.170. The average molecular weight is 491 g/mol. The van der Waals surface area contributed by atoms with E-state index >= 15 is 0 Å². The molecule has 1 aromatic carbocycles. The summed E-state index contributed by atoms with van der Waals surface area (Å²) >= 11 is 3.40. The van der Waals surface area contributed by atoms with Crippen LogP contribution < -0.4 is 4.74 Å². The quantitative estimate of drug-likeness (QED) is 0.496. The van der Waals surface area contributed by atoms with Crippen LogP contribution in [0.3, 0.4) is 0 Å². The maximum atomic E-state index is 14.2. The molecule has 0 aromatic heterocycles. The molecule has 0 bridgehead atoms. The van der Waals surface area contributed by atoms with E-state index in [1.165, 1.54) is 6.92 Å². The highest BCUT2D eigenvalue weighted by molar-refractivity contribution is 8.18. The summed E-state index contributed by atoms with van der Waals surface area (Å²) in [6.45, 7) is 5.58. The first kappa shape index (κ1) is 24.1. The SMILES string of the molecule is COc1ccccc1C1(C2=C(OC(C)C)C(OC(C)=O)(C3=CCCCO3)C2=O)SCCCS1. The van der Waals surface area contributed by atoms with Crippen LogP contribution in [0.4, 0.5) is 0 Å². The van der Waals surface area contributed by atoms with Gasteiger partial charge in [-0.2, -0.15) is 0 Å². The number of benzene rings is 1.